The van der Waals surface area contributed by atoms with E-state index in [1.54, 1.807) is 30.4 Å². The molecule has 0 saturated heterocycles. The number of hydrogen-bond donors (Lipinski definition) is 1. The van der Waals surface area contributed by atoms with Gasteiger partial charge in [-0.2, -0.15) is 5.10 Å². The van der Waals surface area contributed by atoms with Crippen molar-refractivity contribution in [3.8, 4) is 0 Å². The number of rotatable bonds is 3. The summed E-state index contributed by atoms with van der Waals surface area (Å²) in [7, 11) is 0. The topological polar surface area (TPSA) is 54.6 Å². The molecule has 1 aliphatic carbocycles. The lowest BCUT2D eigenvalue weighted by atomic mass is 10.2. The van der Waals surface area contributed by atoms with E-state index in [1.807, 2.05) is 6.08 Å². The quantitative estimate of drug-likeness (QED) is 0.673. The van der Waals surface area contributed by atoms with Crippen LogP contribution in [0.15, 0.2) is 62.8 Å². The second-order valence-corrected chi connectivity index (χ2v) is 4.00. The molecule has 2 rings (SSSR count). The first-order chi connectivity index (χ1) is 8.75. The number of allylic oxidation sites excluding steroid dienone is 5. The minimum atomic E-state index is -0.259. The molecule has 92 valence electrons. The Hall–Kier alpha value is -2.07. The highest BCUT2D eigenvalue weighted by Crippen LogP contribution is 2.13. The van der Waals surface area contributed by atoms with Crippen LogP contribution in [-0.2, 0) is 4.79 Å². The molecule has 1 aromatic heterocycles. The first-order valence-corrected chi connectivity index (χ1v) is 5.73. The van der Waals surface area contributed by atoms with Gasteiger partial charge in [-0.3, -0.25) is 4.79 Å². The predicted molar refractivity (Wildman–Crippen MR) is 70.2 cm³/mol. The lowest BCUT2D eigenvalue weighted by Gasteiger charge is -2.00. The van der Waals surface area contributed by atoms with Gasteiger partial charge in [0.25, 0.3) is 5.91 Å². The van der Waals surface area contributed by atoms with Crippen molar-refractivity contribution in [2.75, 3.05) is 0 Å². The Kier molecular flexibility index (Phi) is 4.15. The number of furan rings is 1. The van der Waals surface area contributed by atoms with Crippen LogP contribution in [-0.4, -0.2) is 12.1 Å². The second kappa shape index (κ2) is 6.02. The molecule has 4 nitrogen and oxygen atoms in total. The van der Waals surface area contributed by atoms with Crippen molar-refractivity contribution in [2.24, 2.45) is 5.10 Å². The minimum absolute atomic E-state index is 0.259. The highest BCUT2D eigenvalue weighted by atomic mass is 35.5. The first-order valence-electron chi connectivity index (χ1n) is 5.35. The van der Waals surface area contributed by atoms with Crippen LogP contribution in [0.1, 0.15) is 12.2 Å². The maximum atomic E-state index is 11.8. The largest absolute Gasteiger partial charge is 0.463 e. The summed E-state index contributed by atoms with van der Waals surface area (Å²) in [6, 6.07) is 3.49. The summed E-state index contributed by atoms with van der Waals surface area (Å²) in [5, 5.41) is 4.40. The van der Waals surface area contributed by atoms with Gasteiger partial charge in [-0.05, 0) is 30.7 Å². The van der Waals surface area contributed by atoms with Crippen molar-refractivity contribution in [1.29, 1.82) is 0 Å². The zero-order chi connectivity index (χ0) is 12.8. The van der Waals surface area contributed by atoms with E-state index >= 15 is 0 Å². The lowest BCUT2D eigenvalue weighted by molar-refractivity contribution is -0.117. The van der Waals surface area contributed by atoms with Crippen molar-refractivity contribution >= 4 is 23.7 Å². The van der Waals surface area contributed by atoms with Crippen LogP contribution in [0.3, 0.4) is 0 Å². The van der Waals surface area contributed by atoms with E-state index in [4.69, 9.17) is 16.0 Å². The van der Waals surface area contributed by atoms with E-state index < -0.39 is 0 Å². The zero-order valence-electron chi connectivity index (χ0n) is 9.47. The Morgan fingerprint density at radius 2 is 2.39 bits per heavy atom. The van der Waals surface area contributed by atoms with Crippen molar-refractivity contribution in [1.82, 2.24) is 5.43 Å². The summed E-state index contributed by atoms with van der Waals surface area (Å²) in [5.41, 5.74) is 3.03. The molecule has 0 radical (unpaired) electrons. The van der Waals surface area contributed by atoms with Crippen molar-refractivity contribution < 1.29 is 9.21 Å². The van der Waals surface area contributed by atoms with Gasteiger partial charge in [0.1, 0.15) is 5.76 Å². The van der Waals surface area contributed by atoms with Crippen molar-refractivity contribution in [3.05, 3.63) is 59.1 Å². The standard InChI is InChI=1S/C13H11ClN2O2/c14-11-4-1-3-10(6-7-11)13(17)16-15-9-12-5-2-8-18-12/h1-2,4-9H,3H2,(H,16,17)/b15-9+. The Labute approximate surface area is 109 Å². The molecule has 1 aliphatic rings. The number of halogens is 1. The van der Waals surface area contributed by atoms with Gasteiger partial charge >= 0.3 is 0 Å². The SMILES string of the molecule is O=C(N/N=C/c1ccco1)C1=CC=C(Cl)C=CC1. The summed E-state index contributed by atoms with van der Waals surface area (Å²) in [5.74, 6) is 0.318. The second-order valence-electron chi connectivity index (χ2n) is 3.56. The number of hydrogen-bond acceptors (Lipinski definition) is 3. The van der Waals surface area contributed by atoms with E-state index in [0.717, 1.165) is 0 Å². The normalized spacial score (nSPS) is 15.2. The van der Waals surface area contributed by atoms with Gasteiger partial charge in [-0.1, -0.05) is 23.8 Å². The van der Waals surface area contributed by atoms with Crippen LogP contribution in [0.25, 0.3) is 0 Å². The molecule has 1 amide bonds. The summed E-state index contributed by atoms with van der Waals surface area (Å²) >= 11 is 5.82. The Morgan fingerprint density at radius 3 is 3.17 bits per heavy atom. The van der Waals surface area contributed by atoms with Crippen LogP contribution >= 0.6 is 11.6 Å². The third kappa shape index (κ3) is 3.46. The van der Waals surface area contributed by atoms with Gasteiger partial charge in [0.15, 0.2) is 0 Å². The summed E-state index contributed by atoms with van der Waals surface area (Å²) in [6.45, 7) is 0. The molecule has 1 N–H and O–H groups in total. The molecular weight excluding hydrogens is 252 g/mol. The van der Waals surface area contributed by atoms with Gasteiger partial charge in [-0.15, -0.1) is 0 Å². The van der Waals surface area contributed by atoms with Crippen molar-refractivity contribution in [2.45, 2.75) is 6.42 Å². The molecule has 0 unspecified atom stereocenters. The monoisotopic (exact) mass is 262 g/mol. The molecule has 0 bridgehead atoms. The number of nitrogens with one attached hydrogen (secondary N) is 1. The van der Waals surface area contributed by atoms with E-state index in [-0.39, 0.29) is 5.91 Å². The molecule has 0 saturated carbocycles. The maximum Gasteiger partial charge on any atom is 0.267 e. The summed E-state index contributed by atoms with van der Waals surface area (Å²) < 4.78 is 5.04. The number of carbonyl (C=O) groups is 1. The van der Waals surface area contributed by atoms with Crippen LogP contribution in [0.5, 0.6) is 0 Å². The van der Waals surface area contributed by atoms with Gasteiger partial charge in [0.05, 0.1) is 12.5 Å². The Morgan fingerprint density at radius 1 is 1.50 bits per heavy atom. The van der Waals surface area contributed by atoms with Gasteiger partial charge in [0, 0.05) is 10.6 Å². The number of nitrogens with zero attached hydrogens (tertiary/aromatic N) is 1. The van der Waals surface area contributed by atoms with E-state index in [9.17, 15) is 4.79 Å². The van der Waals surface area contributed by atoms with E-state index in [1.165, 1.54) is 12.5 Å². The lowest BCUT2D eigenvalue weighted by Crippen LogP contribution is -2.19. The van der Waals surface area contributed by atoms with Crippen LogP contribution in [0.4, 0.5) is 0 Å². The molecule has 1 aromatic rings. The van der Waals surface area contributed by atoms with Crippen LogP contribution in [0.2, 0.25) is 0 Å². The molecule has 0 atom stereocenters. The van der Waals surface area contributed by atoms with E-state index in [2.05, 4.69) is 10.5 Å². The number of hydrazone groups is 1. The molecule has 0 aliphatic heterocycles. The fraction of sp³-hybridized carbons (Fsp3) is 0.0769. The average Bonchev–Trinajstić information content (AvgIpc) is 2.77. The van der Waals surface area contributed by atoms with Gasteiger partial charge < -0.3 is 4.42 Å². The van der Waals surface area contributed by atoms with Gasteiger partial charge in [0.2, 0.25) is 0 Å². The Bertz CT molecular complexity index is 539. The highest BCUT2D eigenvalue weighted by Gasteiger charge is 2.07. The average molecular weight is 263 g/mol. The van der Waals surface area contributed by atoms with E-state index in [0.29, 0.717) is 22.8 Å². The molecular formula is C13H11ClN2O2. The third-order valence-electron chi connectivity index (χ3n) is 2.25. The van der Waals surface area contributed by atoms with Crippen molar-refractivity contribution in [3.63, 3.8) is 0 Å². The number of carbonyl (C=O) groups excluding carboxylic acids is 1. The predicted octanol–water partition coefficient (Wildman–Crippen LogP) is 2.74. The number of amides is 1. The third-order valence-corrected chi connectivity index (χ3v) is 2.50. The zero-order valence-corrected chi connectivity index (χ0v) is 10.2. The van der Waals surface area contributed by atoms with Crippen LogP contribution < -0.4 is 5.43 Å². The molecule has 5 heteroatoms. The minimum Gasteiger partial charge on any atom is -0.463 e. The molecule has 0 aromatic carbocycles. The fourth-order valence-electron chi connectivity index (χ4n) is 1.36. The van der Waals surface area contributed by atoms with Crippen LogP contribution in [0, 0.1) is 0 Å². The molecule has 0 spiro atoms. The molecule has 0 fully saturated rings. The maximum absolute atomic E-state index is 11.8. The van der Waals surface area contributed by atoms with Gasteiger partial charge in [-0.25, -0.2) is 5.43 Å². The fourth-order valence-corrected chi connectivity index (χ4v) is 1.51. The molecule has 1 heterocycles. The molecule has 18 heavy (non-hydrogen) atoms. The smallest absolute Gasteiger partial charge is 0.267 e. The summed E-state index contributed by atoms with van der Waals surface area (Å²) in [4.78, 5) is 11.8. The highest BCUT2D eigenvalue weighted by molar-refractivity contribution is 6.31. The first kappa shape index (κ1) is 12.4. The Balaban J connectivity index is 1.94. The summed E-state index contributed by atoms with van der Waals surface area (Å²) in [6.07, 6.45) is 10.4.